The quantitative estimate of drug-likeness (QED) is 0.0451. The van der Waals surface area contributed by atoms with E-state index >= 15 is 0 Å². The van der Waals surface area contributed by atoms with Gasteiger partial charge in [0.15, 0.2) is 0 Å². The highest BCUT2D eigenvalue weighted by Crippen LogP contribution is 2.14. The van der Waals surface area contributed by atoms with Crippen LogP contribution in [0.2, 0.25) is 0 Å². The van der Waals surface area contributed by atoms with Gasteiger partial charge in [0.05, 0.1) is 18.8 Å². The number of carbonyl (C=O) groups excluding carboxylic acids is 1. The Hall–Kier alpha value is -1.91. The first kappa shape index (κ1) is 47.1. The third kappa shape index (κ3) is 37.2. The van der Waals surface area contributed by atoms with Crippen molar-refractivity contribution in [3.8, 4) is 0 Å². The summed E-state index contributed by atoms with van der Waals surface area (Å²) >= 11 is 0. The number of allylic oxidation sites excluding steroid dienone is 9. The number of aliphatic hydroxyl groups excluding tert-OH is 2. The zero-order valence-corrected chi connectivity index (χ0v) is 32.4. The lowest BCUT2D eigenvalue weighted by Crippen LogP contribution is -2.45. The second kappa shape index (κ2) is 40.5. The van der Waals surface area contributed by atoms with Gasteiger partial charge in [-0.1, -0.05) is 197 Å². The minimum Gasteiger partial charge on any atom is -0.394 e. The van der Waals surface area contributed by atoms with E-state index in [1.165, 1.54) is 128 Å². The van der Waals surface area contributed by atoms with Crippen molar-refractivity contribution in [3.05, 3.63) is 60.8 Å². The summed E-state index contributed by atoms with van der Waals surface area (Å²) in [6, 6.07) is -0.625. The summed E-state index contributed by atoms with van der Waals surface area (Å²) in [6.45, 7) is 4.19. The van der Waals surface area contributed by atoms with Crippen LogP contribution >= 0.6 is 0 Å². The van der Waals surface area contributed by atoms with Crippen molar-refractivity contribution in [2.75, 3.05) is 6.61 Å². The Balaban J connectivity index is 3.60. The van der Waals surface area contributed by atoms with E-state index in [9.17, 15) is 15.0 Å². The molecule has 0 aromatic rings. The second-order valence-electron chi connectivity index (χ2n) is 14.0. The number of aliphatic hydroxyl groups is 2. The highest BCUT2D eigenvalue weighted by Gasteiger charge is 2.17. The monoisotopic (exact) mass is 684 g/mol. The zero-order valence-electron chi connectivity index (χ0n) is 32.4. The molecule has 0 bridgehead atoms. The molecule has 0 saturated carbocycles. The largest absolute Gasteiger partial charge is 0.394 e. The lowest BCUT2D eigenvalue weighted by atomic mass is 10.0. The molecule has 4 heteroatoms. The molecule has 4 nitrogen and oxygen atoms in total. The Morgan fingerprint density at radius 1 is 0.510 bits per heavy atom. The first-order chi connectivity index (χ1) is 24.2. The van der Waals surface area contributed by atoms with Crippen LogP contribution in [0.1, 0.15) is 200 Å². The molecule has 1 amide bonds. The number of unbranched alkanes of at least 4 members (excludes halogenated alkanes) is 22. The molecule has 2 unspecified atom stereocenters. The Morgan fingerprint density at radius 2 is 0.898 bits per heavy atom. The van der Waals surface area contributed by atoms with Gasteiger partial charge in [0, 0.05) is 6.42 Å². The van der Waals surface area contributed by atoms with Gasteiger partial charge in [0.2, 0.25) is 5.91 Å². The van der Waals surface area contributed by atoms with Crippen LogP contribution in [0.15, 0.2) is 60.8 Å². The van der Waals surface area contributed by atoms with Crippen molar-refractivity contribution in [1.82, 2.24) is 5.32 Å². The van der Waals surface area contributed by atoms with E-state index in [0.717, 1.165) is 51.4 Å². The van der Waals surface area contributed by atoms with E-state index in [0.29, 0.717) is 6.42 Å². The minimum absolute atomic E-state index is 0.0715. The third-order valence-corrected chi connectivity index (χ3v) is 9.26. The molecule has 0 rings (SSSR count). The highest BCUT2D eigenvalue weighted by atomic mass is 16.3. The molecule has 0 fully saturated rings. The summed E-state index contributed by atoms with van der Waals surface area (Å²) in [5, 5.41) is 23.0. The van der Waals surface area contributed by atoms with E-state index in [2.05, 4.69) is 67.8 Å². The maximum absolute atomic E-state index is 12.4. The van der Waals surface area contributed by atoms with E-state index < -0.39 is 12.1 Å². The molecular weight excluding hydrogens is 602 g/mol. The summed E-state index contributed by atoms with van der Waals surface area (Å²) in [5.74, 6) is -0.0715. The van der Waals surface area contributed by atoms with Crippen molar-refractivity contribution in [2.45, 2.75) is 212 Å². The van der Waals surface area contributed by atoms with Crippen molar-refractivity contribution in [1.29, 1.82) is 0 Å². The van der Waals surface area contributed by atoms with Crippen LogP contribution in [0.3, 0.4) is 0 Å². The Kier molecular flexibility index (Phi) is 38.9. The van der Waals surface area contributed by atoms with Crippen LogP contribution in [-0.4, -0.2) is 34.9 Å². The first-order valence-corrected chi connectivity index (χ1v) is 21.0. The molecule has 49 heavy (non-hydrogen) atoms. The number of hydrogen-bond acceptors (Lipinski definition) is 3. The normalized spacial score (nSPS) is 13.6. The number of nitrogens with one attached hydrogen (secondary N) is 1. The van der Waals surface area contributed by atoms with Gasteiger partial charge >= 0.3 is 0 Å². The summed E-state index contributed by atoms with van der Waals surface area (Å²) in [5.41, 5.74) is 0. The van der Waals surface area contributed by atoms with Gasteiger partial charge in [-0.05, 0) is 57.8 Å². The van der Waals surface area contributed by atoms with Gasteiger partial charge < -0.3 is 15.5 Å². The number of rotatable bonds is 37. The minimum atomic E-state index is -0.842. The maximum atomic E-state index is 12.4. The molecule has 0 aromatic heterocycles. The fourth-order valence-corrected chi connectivity index (χ4v) is 6.05. The van der Waals surface area contributed by atoms with Gasteiger partial charge in [-0.15, -0.1) is 0 Å². The molecule has 0 aliphatic carbocycles. The highest BCUT2D eigenvalue weighted by molar-refractivity contribution is 5.76. The van der Waals surface area contributed by atoms with Crippen LogP contribution in [-0.2, 0) is 4.79 Å². The van der Waals surface area contributed by atoms with Gasteiger partial charge in [-0.3, -0.25) is 4.79 Å². The number of carbonyl (C=O) groups is 1. The number of hydrogen-bond donors (Lipinski definition) is 3. The zero-order chi connectivity index (χ0) is 35.7. The second-order valence-corrected chi connectivity index (χ2v) is 14.0. The van der Waals surface area contributed by atoms with Crippen molar-refractivity contribution >= 4 is 5.91 Å². The smallest absolute Gasteiger partial charge is 0.220 e. The molecule has 3 N–H and O–H groups in total. The fraction of sp³-hybridized carbons (Fsp3) is 0.756. The van der Waals surface area contributed by atoms with E-state index in [1.807, 2.05) is 6.08 Å². The molecule has 0 heterocycles. The Bertz CT molecular complexity index is 827. The SMILES string of the molecule is CC/C=C\C/C=C\C/C=C\C/C=C\CCCCCCCCCCCCC(=O)NC(CO)C(O)/C=C/CCCCCCCCCCCCCC. The average molecular weight is 684 g/mol. The molecule has 0 aliphatic heterocycles. The average Bonchev–Trinajstić information content (AvgIpc) is 3.10. The molecule has 0 radical (unpaired) electrons. The lowest BCUT2D eigenvalue weighted by molar-refractivity contribution is -0.123. The molecule has 0 spiro atoms. The van der Waals surface area contributed by atoms with E-state index in [4.69, 9.17) is 0 Å². The maximum Gasteiger partial charge on any atom is 0.220 e. The first-order valence-electron chi connectivity index (χ1n) is 21.0. The van der Waals surface area contributed by atoms with Crippen LogP contribution < -0.4 is 5.32 Å². The van der Waals surface area contributed by atoms with Crippen LogP contribution in [0.4, 0.5) is 0 Å². The Morgan fingerprint density at radius 3 is 1.35 bits per heavy atom. The molecule has 2 atom stereocenters. The molecule has 0 aliphatic rings. The van der Waals surface area contributed by atoms with Gasteiger partial charge in [0.1, 0.15) is 0 Å². The molecule has 284 valence electrons. The van der Waals surface area contributed by atoms with Gasteiger partial charge in [-0.2, -0.15) is 0 Å². The predicted octanol–water partition coefficient (Wildman–Crippen LogP) is 13.0. The molecular formula is C45H81NO3. The Labute approximate surface area is 305 Å². The summed E-state index contributed by atoms with van der Waals surface area (Å²) < 4.78 is 0. The van der Waals surface area contributed by atoms with E-state index in [-0.39, 0.29) is 12.5 Å². The van der Waals surface area contributed by atoms with Crippen LogP contribution in [0.25, 0.3) is 0 Å². The van der Waals surface area contributed by atoms with Crippen LogP contribution in [0.5, 0.6) is 0 Å². The van der Waals surface area contributed by atoms with Crippen molar-refractivity contribution in [2.24, 2.45) is 0 Å². The molecule has 0 saturated heterocycles. The van der Waals surface area contributed by atoms with Crippen molar-refractivity contribution in [3.63, 3.8) is 0 Å². The summed E-state index contributed by atoms with van der Waals surface area (Å²) in [4.78, 5) is 12.4. The summed E-state index contributed by atoms with van der Waals surface area (Å²) in [6.07, 6.45) is 56.0. The predicted molar refractivity (Wildman–Crippen MR) is 216 cm³/mol. The lowest BCUT2D eigenvalue weighted by Gasteiger charge is -2.20. The third-order valence-electron chi connectivity index (χ3n) is 9.26. The topological polar surface area (TPSA) is 69.6 Å². The van der Waals surface area contributed by atoms with Crippen LogP contribution in [0, 0.1) is 0 Å². The van der Waals surface area contributed by atoms with Crippen molar-refractivity contribution < 1.29 is 15.0 Å². The van der Waals surface area contributed by atoms with E-state index in [1.54, 1.807) is 6.08 Å². The summed E-state index contributed by atoms with van der Waals surface area (Å²) in [7, 11) is 0. The van der Waals surface area contributed by atoms with Gasteiger partial charge in [0.25, 0.3) is 0 Å². The fourth-order valence-electron chi connectivity index (χ4n) is 6.05. The molecule has 0 aromatic carbocycles. The standard InChI is InChI=1S/C45H81NO3/c1-3-5-7-9-11-13-15-17-19-20-21-22-23-24-25-26-27-29-31-33-35-37-39-41-45(49)46-43(42-47)44(48)40-38-36-34-32-30-28-18-16-14-12-10-8-6-4-2/h5,7,11,13,17,19,21-22,38,40,43-44,47-48H,3-4,6,8-10,12,14-16,18,20,23-37,39,41-42H2,1-2H3,(H,46,49)/b7-5-,13-11-,19-17-,22-21-,40-38+. The number of amides is 1. The van der Waals surface area contributed by atoms with Gasteiger partial charge in [-0.25, -0.2) is 0 Å².